The van der Waals surface area contributed by atoms with Crippen LogP contribution in [0.15, 0.2) is 36.4 Å². The smallest absolute Gasteiger partial charge is 0.404 e. The molecule has 1 saturated heterocycles. The highest BCUT2D eigenvalue weighted by Gasteiger charge is 2.23. The molecule has 3 rings (SSSR count). The van der Waals surface area contributed by atoms with Crippen LogP contribution in [0.4, 0.5) is 27.8 Å². The first kappa shape index (κ1) is 22.2. The van der Waals surface area contributed by atoms with Gasteiger partial charge in [-0.25, -0.2) is 9.78 Å². The Morgan fingerprint density at radius 3 is 2.52 bits per heavy atom. The van der Waals surface area contributed by atoms with Crippen molar-refractivity contribution in [1.29, 1.82) is 0 Å². The predicted molar refractivity (Wildman–Crippen MR) is 122 cm³/mol. The molecule has 0 radical (unpaired) electrons. The van der Waals surface area contributed by atoms with Crippen LogP contribution in [-0.2, 0) is 0 Å². The maximum atomic E-state index is 11.9. The Balaban J connectivity index is 1.82. The summed E-state index contributed by atoms with van der Waals surface area (Å²) in [6.07, 6.45) is 0.603. The number of nitrogens with one attached hydrogen (secondary N) is 2. The van der Waals surface area contributed by atoms with Gasteiger partial charge in [-0.05, 0) is 63.1 Å². The number of carboxylic acid groups (broad SMARTS) is 1. The average molecular weight is 427 g/mol. The number of rotatable bonds is 8. The monoisotopic (exact) mass is 426 g/mol. The summed E-state index contributed by atoms with van der Waals surface area (Å²) < 4.78 is 0. The normalized spacial score (nSPS) is 15.9. The summed E-state index contributed by atoms with van der Waals surface area (Å²) in [7, 11) is 0. The number of carbonyl (C=O) groups excluding carboxylic acids is 1. The third-order valence-corrected chi connectivity index (χ3v) is 5.48. The van der Waals surface area contributed by atoms with Crippen LogP contribution in [0.1, 0.15) is 37.0 Å². The molecule has 2 aromatic rings. The molecule has 9 nitrogen and oxygen atoms in total. The number of anilines is 4. The maximum Gasteiger partial charge on any atom is 0.404 e. The summed E-state index contributed by atoms with van der Waals surface area (Å²) in [5.41, 5.74) is 7.78. The van der Waals surface area contributed by atoms with Crippen molar-refractivity contribution in [2.45, 2.75) is 32.7 Å². The summed E-state index contributed by atoms with van der Waals surface area (Å²) in [5, 5.41) is 14.8. The van der Waals surface area contributed by atoms with Crippen molar-refractivity contribution < 1.29 is 14.7 Å². The van der Waals surface area contributed by atoms with Gasteiger partial charge in [0.05, 0.1) is 5.56 Å². The molecule has 0 spiro atoms. The zero-order valence-corrected chi connectivity index (χ0v) is 18.0. The Morgan fingerprint density at radius 2 is 1.90 bits per heavy atom. The summed E-state index contributed by atoms with van der Waals surface area (Å²) >= 11 is 0. The van der Waals surface area contributed by atoms with E-state index in [2.05, 4.69) is 34.4 Å². The minimum atomic E-state index is -1.03. The second-order valence-corrected chi connectivity index (χ2v) is 7.51. The number of piperidine rings is 1. The number of nitrogens with zero attached hydrogens (tertiary/aromatic N) is 3. The maximum absolute atomic E-state index is 11.9. The third-order valence-electron chi connectivity index (χ3n) is 5.48. The van der Waals surface area contributed by atoms with Crippen LogP contribution >= 0.6 is 0 Å². The minimum absolute atomic E-state index is 0.159. The second kappa shape index (κ2) is 10.0. The summed E-state index contributed by atoms with van der Waals surface area (Å²) in [4.78, 5) is 31.8. The van der Waals surface area contributed by atoms with Gasteiger partial charge in [-0.1, -0.05) is 0 Å². The molecule has 0 bridgehead atoms. The number of benzene rings is 1. The first-order valence-corrected chi connectivity index (χ1v) is 10.6. The molecule has 1 aliphatic rings. The van der Waals surface area contributed by atoms with Crippen molar-refractivity contribution in [2.75, 3.05) is 41.3 Å². The van der Waals surface area contributed by atoms with Gasteiger partial charge in [0.2, 0.25) is 0 Å². The van der Waals surface area contributed by atoms with E-state index >= 15 is 0 Å². The molecule has 1 aromatic carbocycles. The van der Waals surface area contributed by atoms with Gasteiger partial charge in [-0.2, -0.15) is 0 Å². The summed E-state index contributed by atoms with van der Waals surface area (Å²) in [6.45, 7) is 7.35. The molecule has 5 N–H and O–H groups in total. The molecule has 0 saturated carbocycles. The predicted octanol–water partition coefficient (Wildman–Crippen LogP) is 3.01. The lowest BCUT2D eigenvalue weighted by atomic mass is 10.1. The lowest BCUT2D eigenvalue weighted by Crippen LogP contribution is -2.47. The molecule has 1 aromatic heterocycles. The second-order valence-electron chi connectivity index (χ2n) is 7.51. The molecule has 1 atom stereocenters. The summed E-state index contributed by atoms with van der Waals surface area (Å²) in [6, 6.07) is 11.2. The number of hydrogen-bond acceptors (Lipinski definition) is 6. The van der Waals surface area contributed by atoms with Crippen LogP contribution < -0.4 is 26.2 Å². The topological polar surface area (TPSA) is 124 Å². The standard InChI is InChI=1S/C22H30N6O3/c1-3-27(4-2)17-9-7-15(8-10-17)24-21-18(20(23)29)11-12-19(26-21)28-13-5-6-16(14-28)25-22(30)31/h7-12,16,25H,3-6,13-14H2,1-2H3,(H2,23,29)(H,24,26)(H,30,31). The Kier molecular flexibility index (Phi) is 7.17. The largest absolute Gasteiger partial charge is 0.465 e. The van der Waals surface area contributed by atoms with E-state index in [-0.39, 0.29) is 6.04 Å². The van der Waals surface area contributed by atoms with Crippen molar-refractivity contribution in [3.8, 4) is 0 Å². The van der Waals surface area contributed by atoms with E-state index in [9.17, 15) is 9.59 Å². The van der Waals surface area contributed by atoms with Crippen LogP contribution in [0.5, 0.6) is 0 Å². The highest BCUT2D eigenvalue weighted by Crippen LogP contribution is 2.26. The summed E-state index contributed by atoms with van der Waals surface area (Å²) in [5.74, 6) is 0.489. The first-order valence-electron chi connectivity index (χ1n) is 10.6. The molecule has 2 heterocycles. The van der Waals surface area contributed by atoms with Crippen molar-refractivity contribution in [1.82, 2.24) is 10.3 Å². The average Bonchev–Trinajstić information content (AvgIpc) is 2.75. The molecular weight excluding hydrogens is 396 g/mol. The van der Waals surface area contributed by atoms with Gasteiger partial charge in [-0.15, -0.1) is 0 Å². The van der Waals surface area contributed by atoms with E-state index in [1.54, 1.807) is 12.1 Å². The van der Waals surface area contributed by atoms with Crippen LogP contribution in [0.2, 0.25) is 0 Å². The number of amides is 2. The molecule has 2 amide bonds. The number of hydrogen-bond donors (Lipinski definition) is 4. The Bertz CT molecular complexity index is 914. The lowest BCUT2D eigenvalue weighted by molar-refractivity contribution is 0.100. The van der Waals surface area contributed by atoms with Gasteiger partial charge in [0.15, 0.2) is 0 Å². The zero-order chi connectivity index (χ0) is 22.4. The van der Waals surface area contributed by atoms with Crippen molar-refractivity contribution in [3.63, 3.8) is 0 Å². The van der Waals surface area contributed by atoms with E-state index in [4.69, 9.17) is 10.8 Å². The fourth-order valence-electron chi connectivity index (χ4n) is 3.88. The minimum Gasteiger partial charge on any atom is -0.465 e. The van der Waals surface area contributed by atoms with Gasteiger partial charge in [0.25, 0.3) is 5.91 Å². The quantitative estimate of drug-likeness (QED) is 0.511. The van der Waals surface area contributed by atoms with Gasteiger partial charge in [0.1, 0.15) is 11.6 Å². The van der Waals surface area contributed by atoms with Gasteiger partial charge in [0, 0.05) is 43.6 Å². The Hall–Kier alpha value is -3.49. The molecular formula is C22H30N6O3. The Morgan fingerprint density at radius 1 is 1.19 bits per heavy atom. The molecule has 1 unspecified atom stereocenters. The molecule has 1 fully saturated rings. The van der Waals surface area contributed by atoms with Crippen molar-refractivity contribution in [3.05, 3.63) is 42.0 Å². The third kappa shape index (κ3) is 5.56. The van der Waals surface area contributed by atoms with E-state index < -0.39 is 12.0 Å². The number of nitrogens with two attached hydrogens (primary N) is 1. The van der Waals surface area contributed by atoms with Gasteiger partial charge in [-0.3, -0.25) is 4.79 Å². The van der Waals surface area contributed by atoms with Crippen LogP contribution in [-0.4, -0.2) is 54.3 Å². The van der Waals surface area contributed by atoms with Gasteiger partial charge >= 0.3 is 6.09 Å². The molecule has 31 heavy (non-hydrogen) atoms. The number of carbonyl (C=O) groups is 2. The van der Waals surface area contributed by atoms with Crippen LogP contribution in [0.25, 0.3) is 0 Å². The van der Waals surface area contributed by atoms with Crippen molar-refractivity contribution >= 4 is 35.0 Å². The number of aromatic nitrogens is 1. The molecule has 166 valence electrons. The molecule has 0 aliphatic carbocycles. The highest BCUT2D eigenvalue weighted by atomic mass is 16.4. The van der Waals surface area contributed by atoms with E-state index in [0.29, 0.717) is 23.7 Å². The number of pyridine rings is 1. The van der Waals surface area contributed by atoms with Gasteiger partial charge < -0.3 is 31.3 Å². The first-order chi connectivity index (χ1) is 14.9. The lowest BCUT2D eigenvalue weighted by Gasteiger charge is -2.33. The van der Waals surface area contributed by atoms with E-state index in [0.717, 1.165) is 43.9 Å². The molecule has 1 aliphatic heterocycles. The van der Waals surface area contributed by atoms with Crippen LogP contribution in [0, 0.1) is 0 Å². The Labute approximate surface area is 182 Å². The van der Waals surface area contributed by atoms with E-state index in [1.165, 1.54) is 0 Å². The fraction of sp³-hybridized carbons (Fsp3) is 0.409. The fourth-order valence-corrected chi connectivity index (χ4v) is 3.88. The number of primary amides is 1. The highest BCUT2D eigenvalue weighted by molar-refractivity contribution is 5.98. The SMILES string of the molecule is CCN(CC)c1ccc(Nc2nc(N3CCCC(NC(=O)O)C3)ccc2C(N)=O)cc1. The van der Waals surface area contributed by atoms with Crippen LogP contribution in [0.3, 0.4) is 0 Å². The van der Waals surface area contributed by atoms with E-state index in [1.807, 2.05) is 29.2 Å². The molecule has 9 heteroatoms. The zero-order valence-electron chi connectivity index (χ0n) is 18.0. The van der Waals surface area contributed by atoms with Crippen molar-refractivity contribution in [2.24, 2.45) is 5.73 Å².